The third-order valence-corrected chi connectivity index (χ3v) is 6.27. The van der Waals surface area contributed by atoms with E-state index < -0.39 is 11.8 Å². The van der Waals surface area contributed by atoms with Crippen molar-refractivity contribution in [2.24, 2.45) is 0 Å². The Hall–Kier alpha value is -4.20. The molecule has 7 nitrogen and oxygen atoms in total. The van der Waals surface area contributed by atoms with Gasteiger partial charge < -0.3 is 19.4 Å². The zero-order valence-corrected chi connectivity index (χ0v) is 17.4. The second-order valence-electron chi connectivity index (χ2n) is 8.16. The van der Waals surface area contributed by atoms with Gasteiger partial charge in [0.1, 0.15) is 17.3 Å². The highest BCUT2D eigenvalue weighted by Crippen LogP contribution is 2.43. The van der Waals surface area contributed by atoms with E-state index in [4.69, 9.17) is 4.74 Å². The predicted octanol–water partition coefficient (Wildman–Crippen LogP) is 4.25. The first-order chi connectivity index (χ1) is 16.0. The van der Waals surface area contributed by atoms with E-state index in [0.717, 1.165) is 5.56 Å². The van der Waals surface area contributed by atoms with Gasteiger partial charge in [-0.25, -0.2) is 14.2 Å². The fourth-order valence-corrected chi connectivity index (χ4v) is 4.79. The molecule has 4 aromatic rings. The van der Waals surface area contributed by atoms with Crippen molar-refractivity contribution in [2.75, 3.05) is 6.61 Å². The second-order valence-corrected chi connectivity index (χ2v) is 8.16. The van der Waals surface area contributed by atoms with Crippen molar-refractivity contribution in [2.45, 2.75) is 19.4 Å². The van der Waals surface area contributed by atoms with Gasteiger partial charge in [-0.05, 0) is 17.7 Å². The van der Waals surface area contributed by atoms with Gasteiger partial charge in [-0.15, -0.1) is 0 Å². The van der Waals surface area contributed by atoms with Crippen LogP contribution in [0.2, 0.25) is 0 Å². The maximum Gasteiger partial charge on any atom is 0.353 e. The Morgan fingerprint density at radius 2 is 2.18 bits per heavy atom. The number of hydrogen-bond acceptors (Lipinski definition) is 4. The molecule has 0 saturated carbocycles. The van der Waals surface area contributed by atoms with E-state index >= 15 is 0 Å². The number of aromatic carboxylic acids is 1. The average Bonchev–Trinajstić information content (AvgIpc) is 3.51. The fourth-order valence-electron chi connectivity index (χ4n) is 4.79. The van der Waals surface area contributed by atoms with Crippen LogP contribution in [0.3, 0.4) is 0 Å². The van der Waals surface area contributed by atoms with E-state index in [2.05, 4.69) is 9.97 Å². The van der Waals surface area contributed by atoms with Gasteiger partial charge in [-0.3, -0.25) is 4.79 Å². The van der Waals surface area contributed by atoms with Crippen molar-refractivity contribution in [3.8, 4) is 5.75 Å². The molecule has 2 aromatic carbocycles. The lowest BCUT2D eigenvalue weighted by molar-refractivity contribution is -0.113. The van der Waals surface area contributed by atoms with Gasteiger partial charge in [0.15, 0.2) is 5.78 Å². The molecule has 8 heteroatoms. The Bertz CT molecular complexity index is 1560. The first-order valence-electron chi connectivity index (χ1n) is 10.6. The Labute approximate surface area is 186 Å². The lowest BCUT2D eigenvalue weighted by Crippen LogP contribution is -2.14. The summed E-state index contributed by atoms with van der Waals surface area (Å²) < 4.78 is 22.4. The van der Waals surface area contributed by atoms with E-state index in [-0.39, 0.29) is 24.4 Å². The van der Waals surface area contributed by atoms with Crippen molar-refractivity contribution in [3.05, 3.63) is 77.0 Å². The Balaban J connectivity index is 1.66. The number of carboxylic acids is 1. The summed E-state index contributed by atoms with van der Waals surface area (Å²) in [5.74, 6) is -1.25. The molecule has 1 aliphatic heterocycles. The van der Waals surface area contributed by atoms with E-state index in [1.54, 1.807) is 28.9 Å². The Morgan fingerprint density at radius 3 is 3.00 bits per heavy atom. The van der Waals surface area contributed by atoms with Crippen molar-refractivity contribution >= 4 is 39.3 Å². The van der Waals surface area contributed by atoms with Crippen LogP contribution in [0.1, 0.15) is 33.6 Å². The largest absolute Gasteiger partial charge is 0.492 e. The summed E-state index contributed by atoms with van der Waals surface area (Å²) in [5, 5.41) is 10.9. The molecule has 2 N–H and O–H groups in total. The quantitative estimate of drug-likeness (QED) is 0.492. The minimum absolute atomic E-state index is 0.0327. The van der Waals surface area contributed by atoms with Gasteiger partial charge in [0.25, 0.3) is 0 Å². The molecule has 0 amide bonds. The predicted molar refractivity (Wildman–Crippen MR) is 120 cm³/mol. The van der Waals surface area contributed by atoms with Crippen LogP contribution in [0.5, 0.6) is 5.75 Å². The minimum atomic E-state index is -1.20. The van der Waals surface area contributed by atoms with Gasteiger partial charge in [-0.2, -0.15) is 0 Å². The molecule has 0 fully saturated rings. The molecule has 2 aromatic heterocycles. The minimum Gasteiger partial charge on any atom is -0.492 e. The number of halogens is 1. The number of imidazole rings is 1. The molecule has 164 valence electrons. The third-order valence-electron chi connectivity index (χ3n) is 6.27. The fraction of sp³-hybridized carbons (Fsp3) is 0.160. The lowest BCUT2D eigenvalue weighted by Gasteiger charge is -2.12. The number of aromatic nitrogens is 3. The van der Waals surface area contributed by atoms with E-state index in [0.29, 0.717) is 57.4 Å². The maximum atomic E-state index is 14.9. The molecule has 0 radical (unpaired) electrons. The number of nitrogens with zero attached hydrogens (tertiary/aromatic N) is 2. The molecule has 0 atom stereocenters. The summed E-state index contributed by atoms with van der Waals surface area (Å²) in [6.45, 7) is 0.453. The third kappa shape index (κ3) is 2.91. The number of aromatic amines is 1. The first-order valence-corrected chi connectivity index (χ1v) is 10.6. The van der Waals surface area contributed by atoms with Crippen LogP contribution in [-0.2, 0) is 17.8 Å². The maximum absolute atomic E-state index is 14.9. The highest BCUT2D eigenvalue weighted by molar-refractivity contribution is 6.28. The van der Waals surface area contributed by atoms with Crippen LogP contribution in [0.4, 0.5) is 4.39 Å². The first kappa shape index (κ1) is 19.5. The number of nitrogens with one attached hydrogen (secondary N) is 1. The molecule has 6 rings (SSSR count). The van der Waals surface area contributed by atoms with Gasteiger partial charge >= 0.3 is 5.97 Å². The number of Topliss-reactive ketones (excluding diaryl/α,β-unsaturated/α-hetero) is 1. The van der Waals surface area contributed by atoms with E-state index in [9.17, 15) is 19.1 Å². The van der Waals surface area contributed by atoms with Gasteiger partial charge in [0.2, 0.25) is 0 Å². The number of carbonyl (C=O) groups excluding carboxylic acids is 1. The number of rotatable bonds is 4. The standard InChI is InChI=1S/C25H18FN3O4/c26-16-10-18-17(27-12-28-18)9-14(16)11-29-19-6-5-13-7-8-33-24(13)22(19)21(23(29)25(31)32)15-3-1-2-4-20(15)30/h1-3,5-6,9-10,12H,4,7-8,11H2,(H,27,28)(H,31,32). The highest BCUT2D eigenvalue weighted by atomic mass is 19.1. The summed E-state index contributed by atoms with van der Waals surface area (Å²) in [6, 6.07) is 6.69. The number of allylic oxidation sites excluding steroid dienone is 4. The number of carbonyl (C=O) groups is 2. The SMILES string of the molecule is O=C1CC=CC=C1c1c(C(=O)O)n(Cc2cc3[nH]cnc3cc2F)c2ccc3c(c12)OCC3. The monoisotopic (exact) mass is 443 g/mol. The smallest absolute Gasteiger partial charge is 0.353 e. The van der Waals surface area contributed by atoms with Crippen LogP contribution < -0.4 is 4.74 Å². The van der Waals surface area contributed by atoms with E-state index in [1.807, 2.05) is 12.1 Å². The van der Waals surface area contributed by atoms with Gasteiger partial charge in [-0.1, -0.05) is 24.3 Å². The van der Waals surface area contributed by atoms with Crippen LogP contribution >= 0.6 is 0 Å². The average molecular weight is 443 g/mol. The number of ether oxygens (including phenoxy) is 1. The zero-order valence-electron chi connectivity index (χ0n) is 17.4. The number of H-pyrrole nitrogens is 1. The van der Waals surface area contributed by atoms with E-state index in [1.165, 1.54) is 12.4 Å². The Kier molecular flexibility index (Phi) is 4.23. The summed E-state index contributed by atoms with van der Waals surface area (Å²) in [5.41, 5.74) is 3.58. The Morgan fingerprint density at radius 1 is 1.30 bits per heavy atom. The molecular weight excluding hydrogens is 425 g/mol. The van der Waals surface area contributed by atoms with Crippen molar-refractivity contribution in [1.29, 1.82) is 0 Å². The number of carboxylic acid groups (broad SMARTS) is 1. The van der Waals surface area contributed by atoms with Crippen molar-refractivity contribution in [1.82, 2.24) is 14.5 Å². The zero-order chi connectivity index (χ0) is 22.7. The number of benzene rings is 2. The van der Waals surface area contributed by atoms with Crippen molar-refractivity contribution < 1.29 is 23.8 Å². The topological polar surface area (TPSA) is 97.2 Å². The lowest BCUT2D eigenvalue weighted by atomic mass is 9.92. The number of fused-ring (bicyclic) bond motifs is 4. The number of hydrogen-bond donors (Lipinski definition) is 2. The molecule has 0 saturated heterocycles. The normalized spacial score (nSPS) is 15.2. The molecular formula is C25H18FN3O4. The summed E-state index contributed by atoms with van der Waals surface area (Å²) in [4.78, 5) is 32.4. The van der Waals surface area contributed by atoms with Gasteiger partial charge in [0, 0.05) is 35.6 Å². The molecule has 33 heavy (non-hydrogen) atoms. The van der Waals surface area contributed by atoms with Crippen molar-refractivity contribution in [3.63, 3.8) is 0 Å². The molecule has 2 aliphatic rings. The van der Waals surface area contributed by atoms with Crippen LogP contribution in [-0.4, -0.2) is 38.0 Å². The second kappa shape index (κ2) is 7.16. The summed E-state index contributed by atoms with van der Waals surface area (Å²) >= 11 is 0. The highest BCUT2D eigenvalue weighted by Gasteiger charge is 2.32. The van der Waals surface area contributed by atoms with Crippen LogP contribution in [0.15, 0.2) is 48.8 Å². The summed E-state index contributed by atoms with van der Waals surface area (Å²) in [6.07, 6.45) is 7.51. The molecule has 3 heterocycles. The molecule has 1 aliphatic carbocycles. The molecule has 0 unspecified atom stereocenters. The number of ketones is 1. The molecule has 0 spiro atoms. The van der Waals surface area contributed by atoms with Gasteiger partial charge in [0.05, 0.1) is 41.4 Å². The van der Waals surface area contributed by atoms with Crippen LogP contribution in [0.25, 0.3) is 27.5 Å². The van der Waals surface area contributed by atoms with Crippen LogP contribution in [0, 0.1) is 5.82 Å². The summed E-state index contributed by atoms with van der Waals surface area (Å²) in [7, 11) is 0. The molecule has 0 bridgehead atoms.